The third kappa shape index (κ3) is 19.4. The van der Waals surface area contributed by atoms with Crippen LogP contribution >= 0.6 is 0 Å². The SMILES string of the molecule is C=C(C)C(=O)OCCOCCNC(=O)OCCOCCOCCC[Si](C)(C)C(C)O[Si](C)(C)[C@](C)(CC)O[Si](C)(C)CCCC. The summed E-state index contributed by atoms with van der Waals surface area (Å²) in [5.74, 6) is -0.448. The zero-order valence-corrected chi connectivity index (χ0v) is 33.6. The Morgan fingerprint density at radius 1 is 0.800 bits per heavy atom. The molecule has 10 nitrogen and oxygen atoms in total. The fraction of sp³-hybridized carbons (Fsp3) is 0.875. The number of hydrogen-bond acceptors (Lipinski definition) is 9. The first-order valence-corrected chi connectivity index (χ1v) is 26.1. The van der Waals surface area contributed by atoms with E-state index in [0.717, 1.165) is 18.9 Å². The van der Waals surface area contributed by atoms with Crippen LogP contribution in [0.2, 0.25) is 51.4 Å². The fourth-order valence-electron chi connectivity index (χ4n) is 4.65. The van der Waals surface area contributed by atoms with E-state index in [9.17, 15) is 9.59 Å². The molecule has 0 fully saturated rings. The smallest absolute Gasteiger partial charge is 0.407 e. The molecule has 0 aromatic rings. The lowest BCUT2D eigenvalue weighted by atomic mass is 10.3. The molecular formula is C32H67NO9Si3. The second-order valence-corrected chi connectivity index (χ2v) is 27.6. The third-order valence-corrected chi connectivity index (χ3v) is 19.3. The van der Waals surface area contributed by atoms with Crippen molar-refractivity contribution in [1.29, 1.82) is 0 Å². The number of unbranched alkanes of at least 4 members (excludes halogenated alkanes) is 1. The zero-order valence-electron chi connectivity index (χ0n) is 30.6. The first-order chi connectivity index (χ1) is 20.9. The standard InChI is InChI=1S/C32H67NO9Si3/c1-13-15-27-44(9,10)42-32(6,14-2)45(11,12)41-29(5)43(7,8)26-16-18-36-20-21-38-23-25-40-31(35)33-17-19-37-22-24-39-30(34)28(3)4/h29H,3,13-27H2,1-2,4-12H3,(H,33,35)/t29?,32-/m1/s1. The van der Waals surface area contributed by atoms with Crippen molar-refractivity contribution in [2.75, 3.05) is 59.4 Å². The second kappa shape index (κ2) is 22.5. The summed E-state index contributed by atoms with van der Waals surface area (Å²) in [5, 5.41) is 2.40. The minimum Gasteiger partial charge on any atom is -0.460 e. The number of nitrogens with one attached hydrogen (secondary N) is 1. The molecule has 0 bridgehead atoms. The molecule has 0 heterocycles. The summed E-state index contributed by atoms with van der Waals surface area (Å²) in [4.78, 5) is 22.9. The van der Waals surface area contributed by atoms with Gasteiger partial charge in [0.2, 0.25) is 8.32 Å². The van der Waals surface area contributed by atoms with Gasteiger partial charge in [0.15, 0.2) is 8.32 Å². The van der Waals surface area contributed by atoms with Crippen LogP contribution in [-0.2, 0) is 37.3 Å². The van der Waals surface area contributed by atoms with Crippen LogP contribution < -0.4 is 5.32 Å². The van der Waals surface area contributed by atoms with Gasteiger partial charge in [0, 0.05) is 24.5 Å². The van der Waals surface area contributed by atoms with Gasteiger partial charge in [-0.3, -0.25) is 0 Å². The predicted octanol–water partition coefficient (Wildman–Crippen LogP) is 6.86. The number of rotatable bonds is 27. The quantitative estimate of drug-likeness (QED) is 0.0427. The molecule has 2 atom stereocenters. The van der Waals surface area contributed by atoms with Crippen LogP contribution in [0.1, 0.15) is 60.3 Å². The normalized spacial score (nSPS) is 14.5. The van der Waals surface area contributed by atoms with E-state index in [0.29, 0.717) is 32.0 Å². The van der Waals surface area contributed by atoms with Crippen molar-refractivity contribution in [1.82, 2.24) is 5.32 Å². The number of carbonyl (C=O) groups excluding carboxylic acids is 2. The highest BCUT2D eigenvalue weighted by atomic mass is 28.4. The van der Waals surface area contributed by atoms with Crippen LogP contribution in [0.25, 0.3) is 0 Å². The van der Waals surface area contributed by atoms with E-state index in [-0.39, 0.29) is 43.9 Å². The molecule has 0 spiro atoms. The number of esters is 1. The monoisotopic (exact) mass is 693 g/mol. The van der Waals surface area contributed by atoms with Gasteiger partial charge in [-0.15, -0.1) is 0 Å². The molecule has 1 unspecified atom stereocenters. The number of hydrogen-bond donors (Lipinski definition) is 1. The van der Waals surface area contributed by atoms with E-state index >= 15 is 0 Å². The lowest BCUT2D eigenvalue weighted by Gasteiger charge is -2.48. The molecule has 0 saturated heterocycles. The largest absolute Gasteiger partial charge is 0.460 e. The van der Waals surface area contributed by atoms with Crippen LogP contribution in [0.3, 0.4) is 0 Å². The average molecular weight is 694 g/mol. The maximum absolute atomic E-state index is 11.7. The topological polar surface area (TPSA) is 111 Å². The van der Waals surface area contributed by atoms with Gasteiger partial charge in [0.1, 0.15) is 13.2 Å². The Balaban J connectivity index is 4.11. The third-order valence-electron chi connectivity index (χ3n) is 8.42. The lowest BCUT2D eigenvalue weighted by molar-refractivity contribution is -0.140. The Hall–Kier alpha value is -1.07. The molecule has 45 heavy (non-hydrogen) atoms. The number of ether oxygens (including phenoxy) is 5. The highest BCUT2D eigenvalue weighted by Gasteiger charge is 2.49. The molecule has 0 aliphatic rings. The highest BCUT2D eigenvalue weighted by Crippen LogP contribution is 2.36. The van der Waals surface area contributed by atoms with Crippen LogP contribution in [0, 0.1) is 0 Å². The van der Waals surface area contributed by atoms with Crippen molar-refractivity contribution in [3.05, 3.63) is 12.2 Å². The molecule has 0 aromatic carbocycles. The first-order valence-electron chi connectivity index (χ1n) is 16.8. The Kier molecular flexibility index (Phi) is 22.0. The Bertz CT molecular complexity index is 858. The van der Waals surface area contributed by atoms with E-state index < -0.39 is 36.8 Å². The van der Waals surface area contributed by atoms with Crippen LogP contribution in [0.4, 0.5) is 4.79 Å². The number of carbonyl (C=O) groups is 2. The van der Waals surface area contributed by atoms with Crippen molar-refractivity contribution in [2.24, 2.45) is 0 Å². The first kappa shape index (κ1) is 43.9. The summed E-state index contributed by atoms with van der Waals surface area (Å²) in [6, 6.07) is 2.34. The van der Waals surface area contributed by atoms with Gasteiger partial charge in [0.05, 0.1) is 46.3 Å². The fourth-order valence-corrected chi connectivity index (χ4v) is 14.7. The van der Waals surface area contributed by atoms with Gasteiger partial charge in [-0.25, -0.2) is 9.59 Å². The Morgan fingerprint density at radius 3 is 1.93 bits per heavy atom. The van der Waals surface area contributed by atoms with Gasteiger partial charge >= 0.3 is 12.1 Å². The molecule has 1 N–H and O–H groups in total. The predicted molar refractivity (Wildman–Crippen MR) is 189 cm³/mol. The lowest BCUT2D eigenvalue weighted by Crippen LogP contribution is -2.62. The van der Waals surface area contributed by atoms with E-state index in [1.165, 1.54) is 18.9 Å². The minimum absolute atomic E-state index is 0.138. The average Bonchev–Trinajstić information content (AvgIpc) is 2.95. The van der Waals surface area contributed by atoms with Gasteiger partial charge in [-0.1, -0.05) is 52.4 Å². The van der Waals surface area contributed by atoms with Crippen molar-refractivity contribution in [2.45, 2.75) is 123 Å². The summed E-state index contributed by atoms with van der Waals surface area (Å²) in [6.07, 6.45) is 3.89. The molecular weight excluding hydrogens is 627 g/mol. The van der Waals surface area contributed by atoms with Crippen LogP contribution in [-0.4, -0.2) is 107 Å². The summed E-state index contributed by atoms with van der Waals surface area (Å²) >= 11 is 0. The van der Waals surface area contributed by atoms with Gasteiger partial charge in [-0.2, -0.15) is 0 Å². The molecule has 13 heteroatoms. The van der Waals surface area contributed by atoms with E-state index in [1.807, 2.05) is 0 Å². The summed E-state index contributed by atoms with van der Waals surface area (Å²) in [6.45, 7) is 31.4. The Labute approximate surface area is 277 Å². The molecule has 266 valence electrons. The second-order valence-electron chi connectivity index (χ2n) is 13.7. The van der Waals surface area contributed by atoms with Gasteiger partial charge < -0.3 is 37.9 Å². The molecule has 0 radical (unpaired) electrons. The van der Waals surface area contributed by atoms with Gasteiger partial charge in [-0.05, 0) is 65.8 Å². The maximum Gasteiger partial charge on any atom is 0.407 e. The highest BCUT2D eigenvalue weighted by molar-refractivity contribution is 6.81. The van der Waals surface area contributed by atoms with Crippen LogP contribution in [0.5, 0.6) is 0 Å². The van der Waals surface area contributed by atoms with E-state index in [4.69, 9.17) is 32.5 Å². The minimum atomic E-state index is -2.14. The number of alkyl carbamates (subject to hydrolysis) is 1. The summed E-state index contributed by atoms with van der Waals surface area (Å²) < 4.78 is 40.5. The van der Waals surface area contributed by atoms with E-state index in [2.05, 4.69) is 78.9 Å². The zero-order chi connectivity index (χ0) is 34.6. The summed E-state index contributed by atoms with van der Waals surface area (Å²) in [5.41, 5.74) is 0.592. The molecule has 1 amide bonds. The molecule has 0 aromatic heterocycles. The molecule has 0 saturated carbocycles. The van der Waals surface area contributed by atoms with Crippen molar-refractivity contribution in [3.8, 4) is 0 Å². The Morgan fingerprint density at radius 2 is 1.36 bits per heavy atom. The maximum atomic E-state index is 11.7. The van der Waals surface area contributed by atoms with Crippen molar-refractivity contribution >= 4 is 36.8 Å². The molecule has 0 rings (SSSR count). The molecule has 0 aliphatic carbocycles. The van der Waals surface area contributed by atoms with Crippen molar-refractivity contribution in [3.63, 3.8) is 0 Å². The summed E-state index contributed by atoms with van der Waals surface area (Å²) in [7, 11) is -5.53. The van der Waals surface area contributed by atoms with Crippen LogP contribution in [0.15, 0.2) is 12.2 Å². The number of amides is 1. The van der Waals surface area contributed by atoms with E-state index in [1.54, 1.807) is 6.92 Å². The van der Waals surface area contributed by atoms with Crippen molar-refractivity contribution < 1.29 is 42.1 Å². The molecule has 0 aliphatic heterocycles. The van der Waals surface area contributed by atoms with Gasteiger partial charge in [0.25, 0.3) is 0 Å².